The molecule has 1 atom stereocenters. The number of H-pyrrole nitrogens is 1. The summed E-state index contributed by atoms with van der Waals surface area (Å²) in [5, 5.41) is 1.59. The van der Waals surface area contributed by atoms with Gasteiger partial charge in [0.25, 0.3) is 0 Å². The van der Waals surface area contributed by atoms with E-state index in [-0.39, 0.29) is 12.5 Å². The second-order valence-electron chi connectivity index (χ2n) is 7.25. The topological polar surface area (TPSA) is 108 Å². The largest absolute Gasteiger partial charge is 0.369 e. The van der Waals surface area contributed by atoms with Crippen molar-refractivity contribution in [2.24, 2.45) is 5.73 Å². The van der Waals surface area contributed by atoms with Crippen molar-refractivity contribution in [2.45, 2.75) is 39.2 Å². The zero-order valence-corrected chi connectivity index (χ0v) is 16.8. The van der Waals surface area contributed by atoms with E-state index in [4.69, 9.17) is 5.73 Å². The number of rotatable bonds is 6. The number of hydrogen-bond donors (Lipinski definition) is 3. The summed E-state index contributed by atoms with van der Waals surface area (Å²) in [5.74, 6) is -0.978. The number of nitrogens with zero attached hydrogens (tertiary/aromatic N) is 1. The van der Waals surface area contributed by atoms with Crippen molar-refractivity contribution in [3.63, 3.8) is 0 Å². The zero-order chi connectivity index (χ0) is 20.6. The second-order valence-corrected chi connectivity index (χ2v) is 8.91. The van der Waals surface area contributed by atoms with Crippen molar-refractivity contribution >= 4 is 32.5 Å². The third-order valence-electron chi connectivity index (χ3n) is 5.24. The average molecular weight is 408 g/mol. The first-order valence-corrected chi connectivity index (χ1v) is 10.7. The monoisotopic (exact) mass is 408 g/mol. The number of hydrogen-bond acceptors (Lipinski definition) is 4. The lowest BCUT2D eigenvalue weighted by Gasteiger charge is -2.35. The summed E-state index contributed by atoms with van der Waals surface area (Å²) in [7, 11) is -3.57. The molecule has 1 amide bonds. The van der Waals surface area contributed by atoms with E-state index in [0.717, 1.165) is 23.1 Å². The van der Waals surface area contributed by atoms with E-state index in [2.05, 4.69) is 16.3 Å². The normalized spacial score (nSPS) is 17.8. The van der Waals surface area contributed by atoms with Crippen LogP contribution in [0.2, 0.25) is 0 Å². The molecule has 1 aromatic heterocycles. The summed E-state index contributed by atoms with van der Waals surface area (Å²) >= 11 is 0. The summed E-state index contributed by atoms with van der Waals surface area (Å²) in [4.78, 5) is 16.5. The van der Waals surface area contributed by atoms with Gasteiger partial charge in [0.05, 0.1) is 17.6 Å². The summed E-state index contributed by atoms with van der Waals surface area (Å²) in [5.41, 5.74) is 8.73. The number of aryl methyl sites for hydroxylation is 2. The molecular weight excluding hydrogens is 383 g/mol. The van der Waals surface area contributed by atoms with E-state index in [9.17, 15) is 13.2 Å². The molecule has 0 bridgehead atoms. The number of nitrogens with two attached hydrogens (primary N) is 1. The van der Waals surface area contributed by atoms with Gasteiger partial charge >= 0.3 is 0 Å². The van der Waals surface area contributed by atoms with Gasteiger partial charge in [-0.15, -0.1) is 0 Å². The third kappa shape index (κ3) is 3.90. The predicted molar refractivity (Wildman–Crippen MR) is 108 cm³/mol. The molecule has 0 saturated carbocycles. The highest BCUT2D eigenvalue weighted by Crippen LogP contribution is 2.37. The van der Waals surface area contributed by atoms with E-state index < -0.39 is 21.7 Å². The predicted octanol–water partition coefficient (Wildman–Crippen LogP) is 1.98. The first-order valence-electron chi connectivity index (χ1n) is 9.11. The number of nitrogens with one attached hydrogen (secondary N) is 2. The SMILES string of the molecule is C=CS(=O)(=O)N[C@H]1CCCN(c2c(F)cc(CC(N)=O)c3[nH]c(C)c(C)c23)C1. The van der Waals surface area contributed by atoms with Gasteiger partial charge in [0.2, 0.25) is 15.9 Å². The average Bonchev–Trinajstić information content (AvgIpc) is 2.90. The lowest BCUT2D eigenvalue weighted by molar-refractivity contribution is -0.117. The van der Waals surface area contributed by atoms with E-state index in [1.54, 1.807) is 0 Å². The van der Waals surface area contributed by atoms with Gasteiger partial charge in [-0.2, -0.15) is 0 Å². The van der Waals surface area contributed by atoms with Gasteiger partial charge in [-0.25, -0.2) is 17.5 Å². The summed E-state index contributed by atoms with van der Waals surface area (Å²) in [6.07, 6.45) is 1.32. The number of aromatic nitrogens is 1. The first-order chi connectivity index (χ1) is 13.1. The van der Waals surface area contributed by atoms with Crippen LogP contribution in [0.15, 0.2) is 18.1 Å². The van der Waals surface area contributed by atoms with Crippen LogP contribution in [0.4, 0.5) is 10.1 Å². The van der Waals surface area contributed by atoms with Crippen LogP contribution in [0.5, 0.6) is 0 Å². The lowest BCUT2D eigenvalue weighted by atomic mass is 10.00. The zero-order valence-electron chi connectivity index (χ0n) is 16.0. The minimum Gasteiger partial charge on any atom is -0.369 e. The number of anilines is 1. The number of carbonyl (C=O) groups excluding carboxylic acids is 1. The molecular formula is C19H25FN4O3S. The van der Waals surface area contributed by atoms with Crippen LogP contribution in [0, 0.1) is 19.7 Å². The number of benzene rings is 1. The summed E-state index contributed by atoms with van der Waals surface area (Å²) < 4.78 is 41.4. The summed E-state index contributed by atoms with van der Waals surface area (Å²) in [6, 6.07) is 1.01. The molecule has 2 aromatic rings. The van der Waals surface area contributed by atoms with E-state index >= 15 is 4.39 Å². The van der Waals surface area contributed by atoms with Crippen molar-refractivity contribution in [3.05, 3.63) is 40.7 Å². The Morgan fingerprint density at radius 3 is 2.86 bits per heavy atom. The van der Waals surface area contributed by atoms with E-state index in [1.807, 2.05) is 18.7 Å². The van der Waals surface area contributed by atoms with Crippen LogP contribution >= 0.6 is 0 Å². The fourth-order valence-corrected chi connectivity index (χ4v) is 4.61. The number of piperidine rings is 1. The van der Waals surface area contributed by atoms with Crippen molar-refractivity contribution in [3.8, 4) is 0 Å². The Bertz CT molecular complexity index is 1050. The molecule has 3 rings (SSSR count). The summed E-state index contributed by atoms with van der Waals surface area (Å²) in [6.45, 7) is 8.05. The Labute approximate surface area is 163 Å². The van der Waals surface area contributed by atoms with Crippen LogP contribution in [0.25, 0.3) is 10.9 Å². The van der Waals surface area contributed by atoms with Gasteiger partial charge in [0.1, 0.15) is 5.82 Å². The quantitative estimate of drug-likeness (QED) is 0.679. The Hall–Kier alpha value is -2.39. The second kappa shape index (κ2) is 7.56. The number of primary amides is 1. The maximum absolute atomic E-state index is 15.2. The Kier molecular flexibility index (Phi) is 5.49. The van der Waals surface area contributed by atoms with Gasteiger partial charge in [0.15, 0.2) is 0 Å². The molecule has 0 spiro atoms. The van der Waals surface area contributed by atoms with Gasteiger partial charge in [-0.3, -0.25) is 4.79 Å². The van der Waals surface area contributed by atoms with Crippen LogP contribution in [0.1, 0.15) is 29.7 Å². The van der Waals surface area contributed by atoms with Crippen LogP contribution in [-0.2, 0) is 21.2 Å². The molecule has 28 heavy (non-hydrogen) atoms. The van der Waals surface area contributed by atoms with Crippen LogP contribution < -0.4 is 15.4 Å². The number of halogens is 1. The first kappa shape index (κ1) is 20.3. The molecule has 0 radical (unpaired) electrons. The molecule has 4 N–H and O–H groups in total. The highest BCUT2D eigenvalue weighted by Gasteiger charge is 2.28. The Balaban J connectivity index is 2.06. The maximum Gasteiger partial charge on any atom is 0.233 e. The maximum atomic E-state index is 15.2. The van der Waals surface area contributed by atoms with Crippen LogP contribution in [-0.4, -0.2) is 38.4 Å². The van der Waals surface area contributed by atoms with E-state index in [0.29, 0.717) is 41.7 Å². The minimum atomic E-state index is -3.57. The smallest absolute Gasteiger partial charge is 0.233 e. The van der Waals surface area contributed by atoms with Gasteiger partial charge in [-0.1, -0.05) is 6.58 Å². The Morgan fingerprint density at radius 1 is 1.50 bits per heavy atom. The molecule has 1 aromatic carbocycles. The number of sulfonamides is 1. The molecule has 2 heterocycles. The number of amides is 1. The standard InChI is InChI=1S/C19H25FN4O3S/c1-4-28(26,27)23-14-6-5-7-24(10-14)19-15(20)8-13(9-16(21)25)18-17(19)11(2)12(3)22-18/h4,8,14,22-23H,1,5-7,9-10H2,2-3H3,(H2,21,25)/t14-/m0/s1. The van der Waals surface area contributed by atoms with Gasteiger partial charge in [-0.05, 0) is 43.9 Å². The van der Waals surface area contributed by atoms with Crippen molar-refractivity contribution in [1.29, 1.82) is 0 Å². The van der Waals surface area contributed by atoms with Crippen molar-refractivity contribution < 1.29 is 17.6 Å². The van der Waals surface area contributed by atoms with Gasteiger partial charge in [0, 0.05) is 35.6 Å². The van der Waals surface area contributed by atoms with Crippen molar-refractivity contribution in [1.82, 2.24) is 9.71 Å². The lowest BCUT2D eigenvalue weighted by Crippen LogP contribution is -2.47. The molecule has 0 unspecified atom stereocenters. The number of fused-ring (bicyclic) bond motifs is 1. The molecule has 9 heteroatoms. The molecule has 1 saturated heterocycles. The number of carbonyl (C=O) groups is 1. The number of aromatic amines is 1. The third-order valence-corrected chi connectivity index (χ3v) is 6.34. The molecule has 1 aliphatic heterocycles. The molecule has 0 aliphatic carbocycles. The fraction of sp³-hybridized carbons (Fsp3) is 0.421. The fourth-order valence-electron chi connectivity index (χ4n) is 3.86. The molecule has 7 nitrogen and oxygen atoms in total. The molecule has 1 aliphatic rings. The van der Waals surface area contributed by atoms with E-state index in [1.165, 1.54) is 6.07 Å². The molecule has 1 fully saturated rings. The Morgan fingerprint density at radius 2 is 2.21 bits per heavy atom. The highest BCUT2D eigenvalue weighted by molar-refractivity contribution is 7.92. The van der Waals surface area contributed by atoms with Crippen molar-refractivity contribution in [2.75, 3.05) is 18.0 Å². The van der Waals surface area contributed by atoms with Crippen LogP contribution in [0.3, 0.4) is 0 Å². The highest BCUT2D eigenvalue weighted by atomic mass is 32.2. The van der Waals surface area contributed by atoms with Gasteiger partial charge < -0.3 is 15.6 Å². The molecule has 152 valence electrons. The minimum absolute atomic E-state index is 0.0607.